The minimum Gasteiger partial charge on any atom is -0.495 e. The van der Waals surface area contributed by atoms with Crippen molar-refractivity contribution in [2.24, 2.45) is 5.92 Å². The van der Waals surface area contributed by atoms with Crippen LogP contribution in [0, 0.1) is 5.92 Å². The highest BCUT2D eigenvalue weighted by molar-refractivity contribution is 7.89. The van der Waals surface area contributed by atoms with E-state index in [4.69, 9.17) is 4.74 Å². The molecule has 6 nitrogen and oxygen atoms in total. The quantitative estimate of drug-likeness (QED) is 0.740. The van der Waals surface area contributed by atoms with E-state index in [0.717, 1.165) is 6.42 Å². The lowest BCUT2D eigenvalue weighted by atomic mass is 10.1. The second kappa shape index (κ2) is 8.82. The maximum absolute atomic E-state index is 12.5. The van der Waals surface area contributed by atoms with Gasteiger partial charge in [0.2, 0.25) is 10.0 Å². The molecule has 2 aromatic rings. The summed E-state index contributed by atoms with van der Waals surface area (Å²) in [5, 5.41) is 2.74. The molecule has 2 N–H and O–H groups in total. The predicted octanol–water partition coefficient (Wildman–Crippen LogP) is 3.27. The smallest absolute Gasteiger partial charge is 0.255 e. The summed E-state index contributed by atoms with van der Waals surface area (Å²) < 4.78 is 32.5. The molecular formula is C19H24N2O4S. The second-order valence-electron chi connectivity index (χ2n) is 6.26. The number of hydrogen-bond acceptors (Lipinski definition) is 4. The van der Waals surface area contributed by atoms with Gasteiger partial charge in [-0.15, -0.1) is 0 Å². The van der Waals surface area contributed by atoms with Gasteiger partial charge >= 0.3 is 0 Å². The maximum atomic E-state index is 12.5. The topological polar surface area (TPSA) is 84.5 Å². The third-order valence-corrected chi connectivity index (χ3v) is 5.23. The summed E-state index contributed by atoms with van der Waals surface area (Å²) in [5.74, 6) is 0.518. The first-order valence-electron chi connectivity index (χ1n) is 8.37. The van der Waals surface area contributed by atoms with E-state index in [1.807, 2.05) is 13.8 Å². The number of hydrogen-bond donors (Lipinski definition) is 2. The third kappa shape index (κ3) is 5.31. The third-order valence-electron chi connectivity index (χ3n) is 3.78. The molecule has 2 rings (SSSR count). The highest BCUT2D eigenvalue weighted by Crippen LogP contribution is 2.24. The van der Waals surface area contributed by atoms with E-state index in [1.54, 1.807) is 36.4 Å². The normalized spacial score (nSPS) is 11.4. The standard InChI is InChI=1S/C19H24N2O4S/c1-14(2)11-12-20-26(23,24)16-8-6-7-15(13-16)19(22)21-17-9-4-5-10-18(17)25-3/h4-10,13-14,20H,11-12H2,1-3H3,(H,21,22). The van der Waals surface area contributed by atoms with Gasteiger partial charge in [-0.2, -0.15) is 0 Å². The Balaban J connectivity index is 2.16. The molecule has 0 aliphatic rings. The summed E-state index contributed by atoms with van der Waals surface area (Å²) in [6, 6.07) is 13.0. The van der Waals surface area contributed by atoms with E-state index in [0.29, 0.717) is 23.9 Å². The number of para-hydroxylation sites is 2. The number of carbonyl (C=O) groups is 1. The first-order chi connectivity index (χ1) is 12.3. The van der Waals surface area contributed by atoms with Gasteiger partial charge in [0.25, 0.3) is 5.91 Å². The van der Waals surface area contributed by atoms with Crippen molar-refractivity contribution in [3.8, 4) is 5.75 Å². The van der Waals surface area contributed by atoms with Crippen LogP contribution < -0.4 is 14.8 Å². The van der Waals surface area contributed by atoms with Crippen molar-refractivity contribution in [2.45, 2.75) is 25.2 Å². The molecule has 0 heterocycles. The van der Waals surface area contributed by atoms with Crippen molar-refractivity contribution < 1.29 is 17.9 Å². The summed E-state index contributed by atoms with van der Waals surface area (Å²) in [4.78, 5) is 12.5. The van der Waals surface area contributed by atoms with Crippen LogP contribution in [0.25, 0.3) is 0 Å². The van der Waals surface area contributed by atoms with Crippen molar-refractivity contribution in [2.75, 3.05) is 19.0 Å². The van der Waals surface area contributed by atoms with Gasteiger partial charge in [0.05, 0.1) is 17.7 Å². The number of anilines is 1. The van der Waals surface area contributed by atoms with E-state index >= 15 is 0 Å². The van der Waals surface area contributed by atoms with Crippen LogP contribution in [0.2, 0.25) is 0 Å². The molecule has 0 radical (unpaired) electrons. The largest absolute Gasteiger partial charge is 0.495 e. The number of amides is 1. The van der Waals surface area contributed by atoms with Crippen LogP contribution in [0.1, 0.15) is 30.6 Å². The van der Waals surface area contributed by atoms with Crippen molar-refractivity contribution in [3.05, 3.63) is 54.1 Å². The van der Waals surface area contributed by atoms with Crippen LogP contribution >= 0.6 is 0 Å². The lowest BCUT2D eigenvalue weighted by molar-refractivity contribution is 0.102. The van der Waals surface area contributed by atoms with E-state index < -0.39 is 15.9 Å². The number of benzene rings is 2. The van der Waals surface area contributed by atoms with Crippen molar-refractivity contribution >= 4 is 21.6 Å². The first kappa shape index (κ1) is 19.9. The Morgan fingerprint density at radius 1 is 1.12 bits per heavy atom. The molecule has 0 saturated heterocycles. The number of sulfonamides is 1. The van der Waals surface area contributed by atoms with Crippen LogP contribution in [-0.4, -0.2) is 28.0 Å². The fraction of sp³-hybridized carbons (Fsp3) is 0.316. The lowest BCUT2D eigenvalue weighted by Crippen LogP contribution is -2.26. The van der Waals surface area contributed by atoms with E-state index in [1.165, 1.54) is 19.2 Å². The number of methoxy groups -OCH3 is 1. The van der Waals surface area contributed by atoms with E-state index in [2.05, 4.69) is 10.0 Å². The van der Waals surface area contributed by atoms with E-state index in [-0.39, 0.29) is 10.5 Å². The van der Waals surface area contributed by atoms with Crippen LogP contribution in [0.4, 0.5) is 5.69 Å². The molecule has 2 aromatic carbocycles. The fourth-order valence-corrected chi connectivity index (χ4v) is 3.41. The molecule has 0 bridgehead atoms. The van der Waals surface area contributed by atoms with Gasteiger partial charge in [-0.25, -0.2) is 13.1 Å². The first-order valence-corrected chi connectivity index (χ1v) is 9.86. The van der Waals surface area contributed by atoms with Gasteiger partial charge < -0.3 is 10.1 Å². The zero-order chi connectivity index (χ0) is 19.2. The van der Waals surface area contributed by atoms with Crippen molar-refractivity contribution in [1.29, 1.82) is 0 Å². The average molecular weight is 376 g/mol. The molecular weight excluding hydrogens is 352 g/mol. The molecule has 0 fully saturated rings. The lowest BCUT2D eigenvalue weighted by Gasteiger charge is -2.11. The Labute approximate surface area is 154 Å². The number of rotatable bonds is 8. The molecule has 0 unspecified atom stereocenters. The Bertz CT molecular complexity index is 863. The summed E-state index contributed by atoms with van der Waals surface area (Å²) >= 11 is 0. The molecule has 0 atom stereocenters. The molecule has 26 heavy (non-hydrogen) atoms. The zero-order valence-corrected chi connectivity index (χ0v) is 16.0. The average Bonchev–Trinajstić information content (AvgIpc) is 2.61. The summed E-state index contributed by atoms with van der Waals surface area (Å²) in [6.07, 6.45) is 0.743. The van der Waals surface area contributed by atoms with Crippen molar-refractivity contribution in [1.82, 2.24) is 4.72 Å². The van der Waals surface area contributed by atoms with Crippen molar-refractivity contribution in [3.63, 3.8) is 0 Å². The molecule has 0 saturated carbocycles. The van der Waals surface area contributed by atoms with Gasteiger partial charge in [0, 0.05) is 12.1 Å². The zero-order valence-electron chi connectivity index (χ0n) is 15.2. The van der Waals surface area contributed by atoms with Crippen LogP contribution in [0.5, 0.6) is 5.75 Å². The Morgan fingerprint density at radius 2 is 1.85 bits per heavy atom. The Kier molecular flexibility index (Phi) is 6.76. The predicted molar refractivity (Wildman–Crippen MR) is 102 cm³/mol. The molecule has 0 aliphatic carbocycles. The van der Waals surface area contributed by atoms with Gasteiger partial charge in [-0.1, -0.05) is 32.0 Å². The summed E-state index contributed by atoms with van der Waals surface area (Å²) in [7, 11) is -2.14. The summed E-state index contributed by atoms with van der Waals surface area (Å²) in [5.41, 5.74) is 0.769. The molecule has 0 aromatic heterocycles. The highest BCUT2D eigenvalue weighted by atomic mass is 32.2. The maximum Gasteiger partial charge on any atom is 0.255 e. The number of ether oxygens (including phenoxy) is 1. The minimum absolute atomic E-state index is 0.0638. The number of carbonyl (C=O) groups excluding carboxylic acids is 1. The SMILES string of the molecule is COc1ccccc1NC(=O)c1cccc(S(=O)(=O)NCCC(C)C)c1. The van der Waals surface area contributed by atoms with Crippen LogP contribution in [0.3, 0.4) is 0 Å². The summed E-state index contributed by atoms with van der Waals surface area (Å²) in [6.45, 7) is 4.41. The molecule has 140 valence electrons. The molecule has 0 aliphatic heterocycles. The van der Waals surface area contributed by atoms with Gasteiger partial charge in [0.1, 0.15) is 5.75 Å². The van der Waals surface area contributed by atoms with Gasteiger partial charge in [-0.3, -0.25) is 4.79 Å². The molecule has 0 spiro atoms. The monoisotopic (exact) mass is 376 g/mol. The fourth-order valence-electron chi connectivity index (χ4n) is 2.31. The number of nitrogens with one attached hydrogen (secondary N) is 2. The molecule has 7 heteroatoms. The molecule has 1 amide bonds. The van der Waals surface area contributed by atoms with Gasteiger partial charge in [0.15, 0.2) is 0 Å². The minimum atomic E-state index is -3.65. The Hall–Kier alpha value is -2.38. The highest BCUT2D eigenvalue weighted by Gasteiger charge is 2.16. The Morgan fingerprint density at radius 3 is 2.54 bits per heavy atom. The van der Waals surface area contributed by atoms with Crippen LogP contribution in [0.15, 0.2) is 53.4 Å². The van der Waals surface area contributed by atoms with Crippen LogP contribution in [-0.2, 0) is 10.0 Å². The van der Waals surface area contributed by atoms with Gasteiger partial charge in [-0.05, 0) is 42.7 Å². The van der Waals surface area contributed by atoms with E-state index in [9.17, 15) is 13.2 Å². The second-order valence-corrected chi connectivity index (χ2v) is 8.03.